The highest BCUT2D eigenvalue weighted by Gasteiger charge is 2.51. The summed E-state index contributed by atoms with van der Waals surface area (Å²) in [5.74, 6) is 1.79. The SMILES string of the molecule is c1ccc(-c2cccc(-c3ccc(-c4nc(-c5ccc(-c6cccc(-c7cccc(-c8ccccc8)c7)c6)cc5)nc(-c5cccc(-c6cccc(-c7cccc(-c8cccc(-c9cccc(-c%10ccc%11c(c%10)C%10(c%12ccccc%12-c%12ccccc%12%10)c%10ccccc%10-%11)c9)c8)c7)c6)c5)n4)cc3)c2)cc1. The minimum absolute atomic E-state index is 0.396. The van der Waals surface area contributed by atoms with E-state index in [9.17, 15) is 0 Å². The molecule has 0 aliphatic heterocycles. The molecule has 0 fully saturated rings. The molecule has 3 nitrogen and oxygen atoms in total. The average Bonchev–Trinajstić information content (AvgIpc) is 1.51. The predicted molar refractivity (Wildman–Crippen MR) is 427 cm³/mol. The molecule has 1 spiro atoms. The van der Waals surface area contributed by atoms with Crippen molar-refractivity contribution in [2.45, 2.75) is 5.41 Å². The zero-order valence-electron chi connectivity index (χ0n) is 56.4. The van der Waals surface area contributed by atoms with Gasteiger partial charge in [-0.25, -0.2) is 15.0 Å². The van der Waals surface area contributed by atoms with E-state index in [1.807, 2.05) is 0 Å². The lowest BCUT2D eigenvalue weighted by molar-refractivity contribution is 0.794. The van der Waals surface area contributed by atoms with Gasteiger partial charge in [0.05, 0.1) is 5.41 Å². The van der Waals surface area contributed by atoms with Crippen molar-refractivity contribution in [1.29, 1.82) is 0 Å². The summed E-state index contributed by atoms with van der Waals surface area (Å²) >= 11 is 0. The Morgan fingerprint density at radius 3 is 0.631 bits per heavy atom. The molecule has 16 aromatic carbocycles. The molecule has 0 unspecified atom stereocenters. The molecule has 3 heteroatoms. The number of hydrogen-bond donors (Lipinski definition) is 0. The minimum Gasteiger partial charge on any atom is -0.208 e. The van der Waals surface area contributed by atoms with Gasteiger partial charge in [0.15, 0.2) is 17.5 Å². The summed E-state index contributed by atoms with van der Waals surface area (Å²) in [6, 6.07) is 143. The van der Waals surface area contributed by atoms with Crippen LogP contribution in [0.15, 0.2) is 394 Å². The fraction of sp³-hybridized carbons (Fsp3) is 0.0100. The van der Waals surface area contributed by atoms with Crippen molar-refractivity contribution in [3.05, 3.63) is 417 Å². The molecule has 0 amide bonds. The van der Waals surface area contributed by atoms with Crippen molar-refractivity contribution < 1.29 is 0 Å². The first-order valence-corrected chi connectivity index (χ1v) is 35.3. The first kappa shape index (κ1) is 60.7. The van der Waals surface area contributed by atoms with E-state index in [4.69, 9.17) is 15.0 Å². The highest BCUT2D eigenvalue weighted by molar-refractivity contribution is 5.96. The molecule has 480 valence electrons. The highest BCUT2D eigenvalue weighted by atomic mass is 15.0. The first-order valence-electron chi connectivity index (χ1n) is 35.3. The van der Waals surface area contributed by atoms with Crippen molar-refractivity contribution >= 4 is 0 Å². The quantitative estimate of drug-likeness (QED) is 0.115. The van der Waals surface area contributed by atoms with E-state index < -0.39 is 5.41 Å². The van der Waals surface area contributed by atoms with Gasteiger partial charge < -0.3 is 0 Å². The summed E-state index contributed by atoms with van der Waals surface area (Å²) in [4.78, 5) is 15.8. The van der Waals surface area contributed by atoms with Gasteiger partial charge in [0, 0.05) is 16.7 Å². The van der Waals surface area contributed by atoms with Crippen molar-refractivity contribution in [2.24, 2.45) is 0 Å². The number of hydrogen-bond acceptors (Lipinski definition) is 3. The Balaban J connectivity index is 0.620. The topological polar surface area (TPSA) is 38.7 Å². The smallest absolute Gasteiger partial charge is 0.164 e. The normalized spacial score (nSPS) is 12.2. The maximum absolute atomic E-state index is 5.29. The Kier molecular flexibility index (Phi) is 15.1. The highest BCUT2D eigenvalue weighted by Crippen LogP contribution is 2.63. The molecule has 0 atom stereocenters. The molecular weight excluding hydrogens is 1240 g/mol. The van der Waals surface area contributed by atoms with Crippen LogP contribution in [0, 0.1) is 0 Å². The molecule has 103 heavy (non-hydrogen) atoms. The van der Waals surface area contributed by atoms with Gasteiger partial charge in [-0.15, -0.1) is 0 Å². The number of rotatable bonds is 13. The van der Waals surface area contributed by atoms with Crippen molar-refractivity contribution in [3.8, 4) is 168 Å². The zero-order valence-corrected chi connectivity index (χ0v) is 56.4. The van der Waals surface area contributed by atoms with Crippen LogP contribution in [0.3, 0.4) is 0 Å². The van der Waals surface area contributed by atoms with Gasteiger partial charge in [0.1, 0.15) is 0 Å². The second-order valence-corrected chi connectivity index (χ2v) is 27.0. The standard InChI is InChI=1S/C100H65N3/c1-3-21-66(22-4-1)72-25-13-27-74(57-72)68-47-51-70(52-48-68)97-101-98(71-53-49-69(50-54-71)75-28-15-30-77(59-75)76-29-14-26-73(58-76)67-23-5-2-6-24-67)103-99(102-97)88-40-20-39-86(64-88)84-37-18-35-82(62-84)80-33-16-31-78(60-80)79-32-17-34-81(61-79)83-36-19-38-85(63-83)87-55-56-92-91-43-9-12-46-95(91)100(96(92)65-87)93-44-10-7-41-89(93)90-42-8-11-45-94(90)100/h1-65H. The van der Waals surface area contributed by atoms with Gasteiger partial charge >= 0.3 is 0 Å². The van der Waals surface area contributed by atoms with Crippen LogP contribution in [0.1, 0.15) is 22.3 Å². The molecule has 1 aromatic heterocycles. The van der Waals surface area contributed by atoms with E-state index in [0.717, 1.165) is 77.9 Å². The molecule has 19 rings (SSSR count). The summed E-state index contributed by atoms with van der Waals surface area (Å²) in [5.41, 5.74) is 36.0. The Hall–Kier alpha value is -13.5. The van der Waals surface area contributed by atoms with Crippen LogP contribution in [0.5, 0.6) is 0 Å². The molecule has 0 saturated heterocycles. The number of aromatic nitrogens is 3. The largest absolute Gasteiger partial charge is 0.208 e. The molecule has 2 aliphatic rings. The fourth-order valence-corrected chi connectivity index (χ4v) is 15.9. The van der Waals surface area contributed by atoms with Crippen LogP contribution < -0.4 is 0 Å². The third kappa shape index (κ3) is 11.1. The molecule has 0 saturated carbocycles. The van der Waals surface area contributed by atoms with Gasteiger partial charge in [-0.05, 0) is 210 Å². The van der Waals surface area contributed by atoms with Crippen LogP contribution >= 0.6 is 0 Å². The number of fused-ring (bicyclic) bond motifs is 10. The van der Waals surface area contributed by atoms with Gasteiger partial charge in [-0.1, -0.05) is 340 Å². The third-order valence-electron chi connectivity index (χ3n) is 21.0. The van der Waals surface area contributed by atoms with Crippen molar-refractivity contribution in [1.82, 2.24) is 15.0 Å². The number of benzene rings is 16. The molecule has 17 aromatic rings. The third-order valence-corrected chi connectivity index (χ3v) is 21.0. The van der Waals surface area contributed by atoms with E-state index >= 15 is 0 Å². The van der Waals surface area contributed by atoms with Gasteiger partial charge in [0.25, 0.3) is 0 Å². The number of nitrogens with zero attached hydrogens (tertiary/aromatic N) is 3. The average molecular weight is 1310 g/mol. The molecular formula is C100H65N3. The second kappa shape index (κ2) is 25.7. The summed E-state index contributed by atoms with van der Waals surface area (Å²) in [6.45, 7) is 0. The lowest BCUT2D eigenvalue weighted by Crippen LogP contribution is -2.25. The lowest BCUT2D eigenvalue weighted by atomic mass is 9.70. The Labute approximate surface area is 600 Å². The van der Waals surface area contributed by atoms with E-state index in [1.165, 1.54) is 94.6 Å². The minimum atomic E-state index is -0.396. The van der Waals surface area contributed by atoms with Gasteiger partial charge in [-0.2, -0.15) is 0 Å². The van der Waals surface area contributed by atoms with Gasteiger partial charge in [0.2, 0.25) is 0 Å². The van der Waals surface area contributed by atoms with Crippen molar-refractivity contribution in [3.63, 3.8) is 0 Å². The summed E-state index contributed by atoms with van der Waals surface area (Å²) in [6.07, 6.45) is 0. The summed E-state index contributed by atoms with van der Waals surface area (Å²) in [5, 5.41) is 0. The Morgan fingerprint density at radius 2 is 0.320 bits per heavy atom. The lowest BCUT2D eigenvalue weighted by Gasteiger charge is -2.30. The second-order valence-electron chi connectivity index (χ2n) is 27.0. The van der Waals surface area contributed by atoms with Crippen LogP contribution in [-0.4, -0.2) is 15.0 Å². The van der Waals surface area contributed by atoms with Crippen LogP contribution in [0.25, 0.3) is 168 Å². The molecule has 1 heterocycles. The maximum atomic E-state index is 5.29. The zero-order chi connectivity index (χ0) is 68.2. The molecule has 0 N–H and O–H groups in total. The predicted octanol–water partition coefficient (Wildman–Crippen LogP) is 25.9. The van der Waals surface area contributed by atoms with Crippen LogP contribution in [0.2, 0.25) is 0 Å². The van der Waals surface area contributed by atoms with E-state index in [-0.39, 0.29) is 0 Å². The molecule has 0 radical (unpaired) electrons. The fourth-order valence-electron chi connectivity index (χ4n) is 15.9. The Morgan fingerprint density at radius 1 is 0.126 bits per heavy atom. The molecule has 0 bridgehead atoms. The maximum Gasteiger partial charge on any atom is 0.164 e. The van der Waals surface area contributed by atoms with E-state index in [1.54, 1.807) is 0 Å². The van der Waals surface area contributed by atoms with E-state index in [2.05, 4.69) is 394 Å². The van der Waals surface area contributed by atoms with Gasteiger partial charge in [-0.3, -0.25) is 0 Å². The summed E-state index contributed by atoms with van der Waals surface area (Å²) in [7, 11) is 0. The first-order chi connectivity index (χ1) is 51.0. The van der Waals surface area contributed by atoms with Crippen molar-refractivity contribution in [2.75, 3.05) is 0 Å². The van der Waals surface area contributed by atoms with Crippen LogP contribution in [0.4, 0.5) is 0 Å². The summed E-state index contributed by atoms with van der Waals surface area (Å²) < 4.78 is 0. The Bertz CT molecular complexity index is 6050. The van der Waals surface area contributed by atoms with E-state index in [0.29, 0.717) is 17.5 Å². The van der Waals surface area contributed by atoms with Crippen LogP contribution in [-0.2, 0) is 5.41 Å². The molecule has 2 aliphatic carbocycles. The monoisotopic (exact) mass is 1310 g/mol.